The summed E-state index contributed by atoms with van der Waals surface area (Å²) in [5, 5.41) is 3.91. The second-order valence-electron chi connectivity index (χ2n) is 9.03. The van der Waals surface area contributed by atoms with Gasteiger partial charge in [-0.3, -0.25) is 14.9 Å². The number of halogens is 1. The lowest BCUT2D eigenvalue weighted by molar-refractivity contribution is -0.122. The molecule has 1 aliphatic heterocycles. The molecule has 4 amide bonds. The summed E-state index contributed by atoms with van der Waals surface area (Å²) >= 11 is 6.05. The molecule has 2 heterocycles. The summed E-state index contributed by atoms with van der Waals surface area (Å²) in [5.74, 6) is -1.36. The Morgan fingerprint density at radius 2 is 1.56 bits per heavy atom. The number of rotatable bonds is 4. The zero-order valence-corrected chi connectivity index (χ0v) is 20.9. The Balaban J connectivity index is 1.61. The van der Waals surface area contributed by atoms with Crippen molar-refractivity contribution in [2.75, 3.05) is 4.90 Å². The van der Waals surface area contributed by atoms with E-state index in [2.05, 4.69) is 9.88 Å². The molecule has 1 aliphatic rings. The molecule has 1 fully saturated rings. The van der Waals surface area contributed by atoms with E-state index in [0.29, 0.717) is 17.3 Å². The molecule has 0 radical (unpaired) electrons. The van der Waals surface area contributed by atoms with E-state index in [9.17, 15) is 14.4 Å². The minimum Gasteiger partial charge on any atom is -0.340 e. The van der Waals surface area contributed by atoms with E-state index in [1.165, 1.54) is 0 Å². The van der Waals surface area contributed by atoms with Crippen molar-refractivity contribution in [3.63, 3.8) is 0 Å². The van der Waals surface area contributed by atoms with Crippen LogP contribution in [0.15, 0.2) is 72.3 Å². The van der Waals surface area contributed by atoms with Gasteiger partial charge in [0.05, 0.1) is 5.69 Å². The maximum absolute atomic E-state index is 13.5. The van der Waals surface area contributed by atoms with Crippen molar-refractivity contribution in [2.45, 2.75) is 27.3 Å². The quantitative estimate of drug-likeness (QED) is 0.280. The van der Waals surface area contributed by atoms with E-state index in [0.717, 1.165) is 43.8 Å². The number of anilines is 1. The molecule has 1 N–H and O–H groups in total. The number of aryl methyl sites for hydroxylation is 2. The molecule has 0 bridgehead atoms. The maximum atomic E-state index is 13.5. The van der Waals surface area contributed by atoms with E-state index >= 15 is 0 Å². The summed E-state index contributed by atoms with van der Waals surface area (Å²) in [7, 11) is 0. The first-order chi connectivity index (χ1) is 17.2. The lowest BCUT2D eigenvalue weighted by Gasteiger charge is -2.27. The van der Waals surface area contributed by atoms with Gasteiger partial charge in [0.15, 0.2) is 0 Å². The van der Waals surface area contributed by atoms with Crippen molar-refractivity contribution >= 4 is 52.1 Å². The second-order valence-corrected chi connectivity index (χ2v) is 9.47. The number of carbonyl (C=O) groups excluding carboxylic acids is 3. The monoisotopic (exact) mass is 497 g/mol. The predicted octanol–water partition coefficient (Wildman–Crippen LogP) is 5.93. The largest absolute Gasteiger partial charge is 0.340 e. The molecule has 0 unspecified atom stereocenters. The van der Waals surface area contributed by atoms with Crippen LogP contribution < -0.4 is 10.2 Å². The minimum absolute atomic E-state index is 0.0914. The van der Waals surface area contributed by atoms with Crippen LogP contribution in [0.3, 0.4) is 0 Å². The van der Waals surface area contributed by atoms with Crippen LogP contribution in [0, 0.1) is 20.8 Å². The molecule has 1 aromatic heterocycles. The van der Waals surface area contributed by atoms with Gasteiger partial charge < -0.3 is 4.57 Å². The van der Waals surface area contributed by atoms with E-state index in [1.54, 1.807) is 18.2 Å². The molecule has 0 aliphatic carbocycles. The molecule has 6 nitrogen and oxygen atoms in total. The third-order valence-corrected chi connectivity index (χ3v) is 6.64. The fourth-order valence-corrected chi connectivity index (χ4v) is 4.86. The summed E-state index contributed by atoms with van der Waals surface area (Å²) in [6.45, 7) is 6.34. The van der Waals surface area contributed by atoms with Crippen LogP contribution in [0.5, 0.6) is 0 Å². The number of nitrogens with zero attached hydrogens (tertiary/aromatic N) is 2. The van der Waals surface area contributed by atoms with Crippen LogP contribution in [0.25, 0.3) is 17.0 Å². The average Bonchev–Trinajstić information content (AvgIpc) is 3.08. The van der Waals surface area contributed by atoms with Crippen LogP contribution in [0.4, 0.5) is 10.5 Å². The Morgan fingerprint density at radius 1 is 0.889 bits per heavy atom. The predicted molar refractivity (Wildman–Crippen MR) is 142 cm³/mol. The lowest BCUT2D eigenvalue weighted by atomic mass is 10.0. The molecular formula is C29H24ClN3O3. The highest BCUT2D eigenvalue weighted by atomic mass is 35.5. The number of benzene rings is 3. The van der Waals surface area contributed by atoms with Gasteiger partial charge in [0.2, 0.25) is 0 Å². The Hall–Kier alpha value is -4.16. The fraction of sp³-hybridized carbons (Fsp3) is 0.138. The Labute approximate surface area is 213 Å². The van der Waals surface area contributed by atoms with Crippen molar-refractivity contribution < 1.29 is 14.4 Å². The van der Waals surface area contributed by atoms with Crippen molar-refractivity contribution in [1.82, 2.24) is 9.88 Å². The van der Waals surface area contributed by atoms with E-state index < -0.39 is 17.8 Å². The van der Waals surface area contributed by atoms with Crippen LogP contribution in [-0.4, -0.2) is 22.4 Å². The highest BCUT2D eigenvalue weighted by Gasteiger charge is 2.37. The van der Waals surface area contributed by atoms with Gasteiger partial charge >= 0.3 is 6.03 Å². The van der Waals surface area contributed by atoms with Gasteiger partial charge in [-0.25, -0.2) is 9.69 Å². The number of hydrogen-bond acceptors (Lipinski definition) is 3. The highest BCUT2D eigenvalue weighted by Crippen LogP contribution is 2.31. The first-order valence-electron chi connectivity index (χ1n) is 11.5. The van der Waals surface area contributed by atoms with E-state index in [1.807, 2.05) is 75.4 Å². The van der Waals surface area contributed by atoms with Gasteiger partial charge in [-0.2, -0.15) is 0 Å². The molecule has 4 aromatic rings. The SMILES string of the molecule is Cc1cc(C)cc(N2C(=O)NC(=O)/C(=C\c3c(C)n(Cc4ccc(Cl)cc4)c4ccccc34)C2=O)c1. The summed E-state index contributed by atoms with van der Waals surface area (Å²) in [4.78, 5) is 40.1. The van der Waals surface area contributed by atoms with Gasteiger partial charge in [-0.05, 0) is 73.9 Å². The third kappa shape index (κ3) is 4.20. The number of aromatic nitrogens is 1. The summed E-state index contributed by atoms with van der Waals surface area (Å²) in [6.07, 6.45) is 1.59. The number of urea groups is 1. The number of carbonyl (C=O) groups is 3. The summed E-state index contributed by atoms with van der Waals surface area (Å²) in [6, 6.07) is 20.2. The smallest absolute Gasteiger partial charge is 0.335 e. The van der Waals surface area contributed by atoms with E-state index in [-0.39, 0.29) is 5.57 Å². The zero-order chi connectivity index (χ0) is 25.6. The first kappa shape index (κ1) is 23.6. The Bertz CT molecular complexity index is 1560. The van der Waals surface area contributed by atoms with Gasteiger partial charge in [0, 0.05) is 33.7 Å². The zero-order valence-electron chi connectivity index (χ0n) is 20.1. The molecule has 180 valence electrons. The van der Waals surface area contributed by atoms with Crippen molar-refractivity contribution in [2.24, 2.45) is 0 Å². The molecule has 3 aromatic carbocycles. The van der Waals surface area contributed by atoms with Crippen molar-refractivity contribution in [3.8, 4) is 0 Å². The van der Waals surface area contributed by atoms with Gasteiger partial charge in [0.25, 0.3) is 11.8 Å². The fourth-order valence-electron chi connectivity index (χ4n) is 4.73. The summed E-state index contributed by atoms with van der Waals surface area (Å²) in [5.41, 5.74) is 5.86. The number of nitrogens with one attached hydrogen (secondary N) is 1. The average molecular weight is 498 g/mol. The standard InChI is InChI=1S/C29H24ClN3O3/c1-17-12-18(2)14-22(13-17)33-28(35)25(27(34)31-29(33)36)15-24-19(3)32(26-7-5-4-6-23(24)26)16-20-8-10-21(30)11-9-20/h4-15H,16H2,1-3H3,(H,31,34,36)/b25-15+. The first-order valence-corrected chi connectivity index (χ1v) is 11.9. The topological polar surface area (TPSA) is 71.4 Å². The Kier molecular flexibility index (Phi) is 5.98. The van der Waals surface area contributed by atoms with Crippen molar-refractivity contribution in [3.05, 3.63) is 105 Å². The molecule has 5 rings (SSSR count). The maximum Gasteiger partial charge on any atom is 0.335 e. The lowest BCUT2D eigenvalue weighted by Crippen LogP contribution is -2.54. The number of hydrogen-bond donors (Lipinski definition) is 1. The van der Waals surface area contributed by atoms with Crippen LogP contribution in [0.1, 0.15) is 27.9 Å². The molecule has 0 saturated carbocycles. The highest BCUT2D eigenvalue weighted by molar-refractivity contribution is 6.39. The molecule has 0 atom stereocenters. The number of para-hydroxylation sites is 1. The van der Waals surface area contributed by atoms with Crippen LogP contribution >= 0.6 is 11.6 Å². The van der Waals surface area contributed by atoms with E-state index in [4.69, 9.17) is 11.6 Å². The van der Waals surface area contributed by atoms with Gasteiger partial charge in [-0.1, -0.05) is 48.0 Å². The van der Waals surface area contributed by atoms with Crippen LogP contribution in [0.2, 0.25) is 5.02 Å². The summed E-state index contributed by atoms with van der Waals surface area (Å²) < 4.78 is 2.14. The molecule has 7 heteroatoms. The van der Waals surface area contributed by atoms with Crippen molar-refractivity contribution in [1.29, 1.82) is 0 Å². The number of amides is 4. The Morgan fingerprint density at radius 3 is 2.25 bits per heavy atom. The number of imide groups is 2. The minimum atomic E-state index is -0.756. The second kappa shape index (κ2) is 9.13. The number of fused-ring (bicyclic) bond motifs is 1. The third-order valence-electron chi connectivity index (χ3n) is 6.39. The van der Waals surface area contributed by atoms with Gasteiger partial charge in [-0.15, -0.1) is 0 Å². The molecule has 0 spiro atoms. The van der Waals surface area contributed by atoms with Crippen LogP contribution in [-0.2, 0) is 16.1 Å². The number of barbiturate groups is 1. The molecule has 36 heavy (non-hydrogen) atoms. The van der Waals surface area contributed by atoms with Gasteiger partial charge in [0.1, 0.15) is 5.57 Å². The normalized spacial score (nSPS) is 15.2. The molecular weight excluding hydrogens is 474 g/mol. The molecule has 1 saturated heterocycles.